The van der Waals surface area contributed by atoms with E-state index in [2.05, 4.69) is 0 Å². The number of benzene rings is 1. The van der Waals surface area contributed by atoms with Gasteiger partial charge < -0.3 is 25.5 Å². The van der Waals surface area contributed by atoms with E-state index in [1.165, 1.54) is 0 Å². The lowest BCUT2D eigenvalue weighted by Crippen LogP contribution is -2.05. The first-order valence-electron chi connectivity index (χ1n) is 7.70. The number of hydrogen-bond donors (Lipinski definition) is 5. The minimum atomic E-state index is -1.45. The molecule has 2 aromatic rings. The number of carbonyl (C=O) groups is 4. The number of fused-ring (bicyclic) bond motifs is 1. The van der Waals surface area contributed by atoms with Crippen LogP contribution >= 0.6 is 0 Å². The number of hydrogen-bond acceptors (Lipinski definition) is 8. The summed E-state index contributed by atoms with van der Waals surface area (Å²) in [4.78, 5) is 58.1. The Hall–Kier alpha value is -4.47. The fourth-order valence-electron chi connectivity index (χ4n) is 2.44. The van der Waals surface area contributed by atoms with Crippen molar-refractivity contribution in [2.45, 2.75) is 0 Å². The van der Waals surface area contributed by atoms with Gasteiger partial charge in [0.25, 0.3) is 0 Å². The van der Waals surface area contributed by atoms with Crippen LogP contribution < -0.4 is 5.43 Å². The molecule has 0 aliphatic rings. The Kier molecular flexibility index (Phi) is 5.78. The van der Waals surface area contributed by atoms with Gasteiger partial charge >= 0.3 is 11.9 Å². The molecule has 0 fully saturated rings. The van der Waals surface area contributed by atoms with Gasteiger partial charge in [0.15, 0.2) is 28.8 Å². The maximum atomic E-state index is 12.6. The average Bonchev–Trinajstić information content (AvgIpc) is 2.78. The lowest BCUT2D eigenvalue weighted by atomic mass is 10.0. The van der Waals surface area contributed by atoms with E-state index in [9.17, 15) is 39.3 Å². The molecule has 0 saturated carbocycles. The third-order valence-corrected chi connectivity index (χ3v) is 3.72. The van der Waals surface area contributed by atoms with Crippen molar-refractivity contribution < 1.29 is 44.7 Å². The number of phenols is 2. The zero-order valence-corrected chi connectivity index (χ0v) is 14.3. The van der Waals surface area contributed by atoms with E-state index in [4.69, 9.17) is 10.2 Å². The highest BCUT2D eigenvalue weighted by atomic mass is 16.4. The number of carboxylic acids is 2. The van der Waals surface area contributed by atoms with Crippen molar-refractivity contribution in [1.29, 1.82) is 0 Å². The second-order valence-electron chi connectivity index (χ2n) is 5.58. The summed E-state index contributed by atoms with van der Waals surface area (Å²) in [5, 5.41) is 46.2. The summed E-state index contributed by atoms with van der Waals surface area (Å²) in [5.74, 6) is -7.91. The number of carbonyl (C=O) groups excluding carboxylic acids is 2. The molecule has 29 heavy (non-hydrogen) atoms. The second kappa shape index (κ2) is 8.05. The summed E-state index contributed by atoms with van der Waals surface area (Å²) in [6, 6.07) is 2.72. The molecular formula is C19H12O10. The average molecular weight is 400 g/mol. The Morgan fingerprint density at radius 1 is 0.724 bits per heavy atom. The molecule has 2 rings (SSSR count). The van der Waals surface area contributed by atoms with Crippen LogP contribution in [0.15, 0.2) is 47.3 Å². The van der Waals surface area contributed by atoms with Gasteiger partial charge in [-0.3, -0.25) is 14.4 Å². The molecule has 0 aromatic heterocycles. The summed E-state index contributed by atoms with van der Waals surface area (Å²) in [7, 11) is 0. The van der Waals surface area contributed by atoms with Gasteiger partial charge in [0.05, 0.1) is 10.9 Å². The number of aliphatic carboxylic acids is 2. The van der Waals surface area contributed by atoms with Crippen molar-refractivity contribution in [3.63, 3.8) is 0 Å². The van der Waals surface area contributed by atoms with Crippen LogP contribution in [0, 0.1) is 0 Å². The highest BCUT2D eigenvalue weighted by molar-refractivity contribution is 6.17. The van der Waals surface area contributed by atoms with E-state index < -0.39 is 57.1 Å². The molecule has 148 valence electrons. The molecule has 10 heteroatoms. The van der Waals surface area contributed by atoms with E-state index in [-0.39, 0.29) is 10.9 Å². The maximum Gasteiger partial charge on any atom is 0.328 e. The Morgan fingerprint density at radius 3 is 1.76 bits per heavy atom. The fourth-order valence-corrected chi connectivity index (χ4v) is 2.44. The molecule has 0 atom stereocenters. The van der Waals surface area contributed by atoms with Gasteiger partial charge in [-0.2, -0.15) is 0 Å². The van der Waals surface area contributed by atoms with Gasteiger partial charge in [0, 0.05) is 23.1 Å². The number of allylic oxidation sites excluding steroid dienone is 2. The van der Waals surface area contributed by atoms with Crippen LogP contribution in [-0.4, -0.2) is 49.0 Å². The number of ketones is 2. The molecule has 0 radical (unpaired) electrons. The summed E-state index contributed by atoms with van der Waals surface area (Å²) in [5.41, 5.74) is -2.33. The van der Waals surface area contributed by atoms with Crippen molar-refractivity contribution in [2.24, 2.45) is 0 Å². The van der Waals surface area contributed by atoms with Crippen LogP contribution in [0.1, 0.15) is 20.7 Å². The van der Waals surface area contributed by atoms with Crippen molar-refractivity contribution >= 4 is 34.3 Å². The first-order valence-corrected chi connectivity index (χ1v) is 7.70. The van der Waals surface area contributed by atoms with E-state index in [0.29, 0.717) is 24.3 Å². The van der Waals surface area contributed by atoms with Gasteiger partial charge in [0.2, 0.25) is 5.43 Å². The third-order valence-electron chi connectivity index (χ3n) is 3.72. The highest BCUT2D eigenvalue weighted by Gasteiger charge is 2.21. The number of rotatable bonds is 6. The first-order chi connectivity index (χ1) is 13.5. The van der Waals surface area contributed by atoms with Gasteiger partial charge in [-0.1, -0.05) is 6.07 Å². The molecule has 0 amide bonds. The smallest absolute Gasteiger partial charge is 0.328 e. The minimum absolute atomic E-state index is 0.290. The lowest BCUT2D eigenvalue weighted by Gasteiger charge is -2.05. The molecule has 0 bridgehead atoms. The van der Waals surface area contributed by atoms with Gasteiger partial charge in [-0.05, 0) is 24.3 Å². The zero-order valence-electron chi connectivity index (χ0n) is 14.3. The Balaban J connectivity index is 2.88. The summed E-state index contributed by atoms with van der Waals surface area (Å²) < 4.78 is 0. The van der Waals surface area contributed by atoms with E-state index in [1.54, 1.807) is 0 Å². The molecule has 10 nitrogen and oxygen atoms in total. The monoisotopic (exact) mass is 400 g/mol. The zero-order chi connectivity index (χ0) is 21.9. The van der Waals surface area contributed by atoms with Crippen LogP contribution in [0.25, 0.3) is 10.8 Å². The molecule has 0 spiro atoms. The van der Waals surface area contributed by atoms with E-state index >= 15 is 0 Å². The molecule has 5 N–H and O–H groups in total. The quantitative estimate of drug-likeness (QED) is 0.265. The molecular weight excluding hydrogens is 388 g/mol. The van der Waals surface area contributed by atoms with Crippen LogP contribution in [0.3, 0.4) is 0 Å². The standard InChI is InChI=1S/C19H12O10/c20-11(3-5-14(23)24)9-2-1-8-10(12(21)4-6-15(25)26)7-13(22)18(28)16(8)19(29)17(9)27/h1-7,22,28H,(H,23,24)(H,25,26)(H,27,29)/b5-3+,6-4+. The van der Waals surface area contributed by atoms with Gasteiger partial charge in [0.1, 0.15) is 0 Å². The number of phenolic OH excluding ortho intramolecular Hbond substituents is 2. The van der Waals surface area contributed by atoms with Crippen molar-refractivity contribution in [2.75, 3.05) is 0 Å². The summed E-state index contributed by atoms with van der Waals surface area (Å²) in [6.07, 6.45) is 2.23. The maximum absolute atomic E-state index is 12.6. The molecule has 0 aliphatic carbocycles. The van der Waals surface area contributed by atoms with Crippen LogP contribution in [-0.2, 0) is 9.59 Å². The van der Waals surface area contributed by atoms with E-state index in [1.807, 2.05) is 0 Å². The lowest BCUT2D eigenvalue weighted by molar-refractivity contribution is -0.132. The predicted molar refractivity (Wildman–Crippen MR) is 97.4 cm³/mol. The van der Waals surface area contributed by atoms with Crippen molar-refractivity contribution in [1.82, 2.24) is 0 Å². The topological polar surface area (TPSA) is 186 Å². The van der Waals surface area contributed by atoms with Crippen molar-refractivity contribution in [3.8, 4) is 17.2 Å². The summed E-state index contributed by atoms with van der Waals surface area (Å²) in [6.45, 7) is 0. The predicted octanol–water partition coefficient (Wildman–Crippen LogP) is 0.964. The molecule has 2 aromatic carbocycles. The number of aromatic hydroxyl groups is 3. The normalized spacial score (nSPS) is 11.2. The van der Waals surface area contributed by atoms with Gasteiger partial charge in [-0.15, -0.1) is 0 Å². The largest absolute Gasteiger partial charge is 0.504 e. The van der Waals surface area contributed by atoms with Crippen LogP contribution in [0.5, 0.6) is 17.2 Å². The van der Waals surface area contributed by atoms with Crippen LogP contribution in [0.2, 0.25) is 0 Å². The molecule has 0 unspecified atom stereocenters. The van der Waals surface area contributed by atoms with Gasteiger partial charge in [-0.25, -0.2) is 9.59 Å². The first kappa shape index (κ1) is 20.8. The Labute approximate surface area is 160 Å². The SMILES string of the molecule is O=C(O)/C=C/C(=O)c1ccc2c(C(=O)/C=C/C(=O)O)cc(O)c(O)c2c(=O)c1O. The number of carboxylic acid groups (broad SMARTS) is 2. The van der Waals surface area contributed by atoms with Crippen LogP contribution in [0.4, 0.5) is 0 Å². The summed E-state index contributed by atoms with van der Waals surface area (Å²) >= 11 is 0. The third kappa shape index (κ3) is 4.27. The Bertz CT molecular complexity index is 1190. The van der Waals surface area contributed by atoms with E-state index in [0.717, 1.165) is 18.2 Å². The molecule has 0 heterocycles. The molecule has 0 aliphatic heterocycles. The highest BCUT2D eigenvalue weighted by Crippen LogP contribution is 2.35. The minimum Gasteiger partial charge on any atom is -0.504 e. The Morgan fingerprint density at radius 2 is 1.24 bits per heavy atom. The second-order valence-corrected chi connectivity index (χ2v) is 5.58. The van der Waals surface area contributed by atoms with Crippen molar-refractivity contribution in [3.05, 3.63) is 63.9 Å². The fraction of sp³-hybridized carbons (Fsp3) is 0. The molecule has 0 saturated heterocycles.